The van der Waals surface area contributed by atoms with Crippen molar-refractivity contribution in [3.63, 3.8) is 0 Å². The first kappa shape index (κ1) is 16.5. The molecule has 0 spiro atoms. The zero-order valence-electron chi connectivity index (χ0n) is 12.3. The molecule has 0 aliphatic carbocycles. The summed E-state index contributed by atoms with van der Waals surface area (Å²) in [5.74, 6) is 0.348. The van der Waals surface area contributed by atoms with Crippen molar-refractivity contribution < 1.29 is 13.2 Å². The fraction of sp³-hybridized carbons (Fsp3) is 0.571. The first-order chi connectivity index (χ1) is 9.94. The second-order valence-corrected chi connectivity index (χ2v) is 7.22. The minimum absolute atomic E-state index is 0.0502. The number of piperidine rings is 1. The van der Waals surface area contributed by atoms with Gasteiger partial charge in [-0.25, -0.2) is 13.1 Å². The first-order valence-electron chi connectivity index (χ1n) is 7.10. The molecule has 0 atom stereocenters. The lowest BCUT2D eigenvalue weighted by molar-refractivity contribution is 0.330. The standard InChI is InChI=1S/C14H21ClN2O3S/c1-3-20-13-8-10(2)12(15)9-14(13)21(18,19)17-11-4-6-16-7-5-11/h8-9,11,16-17H,3-7H2,1-2H3. The summed E-state index contributed by atoms with van der Waals surface area (Å²) in [6.07, 6.45) is 1.56. The molecule has 1 heterocycles. The molecule has 0 saturated carbocycles. The van der Waals surface area contributed by atoms with E-state index in [4.69, 9.17) is 16.3 Å². The minimum atomic E-state index is -3.64. The molecule has 0 radical (unpaired) electrons. The maximum Gasteiger partial charge on any atom is 0.244 e. The predicted octanol–water partition coefficient (Wildman–Crippen LogP) is 2.08. The number of ether oxygens (including phenoxy) is 1. The first-order valence-corrected chi connectivity index (χ1v) is 8.96. The Hall–Kier alpha value is -0.820. The Morgan fingerprint density at radius 2 is 2.05 bits per heavy atom. The number of aryl methyl sites for hydroxylation is 1. The van der Waals surface area contributed by atoms with Gasteiger partial charge in [0.2, 0.25) is 10.0 Å². The van der Waals surface area contributed by atoms with E-state index in [-0.39, 0.29) is 10.9 Å². The van der Waals surface area contributed by atoms with Crippen LogP contribution in [0.25, 0.3) is 0 Å². The summed E-state index contributed by atoms with van der Waals surface area (Å²) < 4.78 is 33.4. The van der Waals surface area contributed by atoms with Crippen LogP contribution in [0.3, 0.4) is 0 Å². The summed E-state index contributed by atoms with van der Waals surface area (Å²) in [4.78, 5) is 0.110. The van der Waals surface area contributed by atoms with Crippen molar-refractivity contribution in [3.05, 3.63) is 22.7 Å². The van der Waals surface area contributed by atoms with Crippen LogP contribution < -0.4 is 14.8 Å². The topological polar surface area (TPSA) is 67.4 Å². The van der Waals surface area contributed by atoms with Crippen molar-refractivity contribution in [3.8, 4) is 5.75 Å². The van der Waals surface area contributed by atoms with Gasteiger partial charge in [-0.15, -0.1) is 0 Å². The van der Waals surface area contributed by atoms with Gasteiger partial charge in [0, 0.05) is 11.1 Å². The summed E-state index contributed by atoms with van der Waals surface area (Å²) in [7, 11) is -3.64. The van der Waals surface area contributed by atoms with Crippen LogP contribution in [0.1, 0.15) is 25.3 Å². The van der Waals surface area contributed by atoms with Crippen LogP contribution in [-0.4, -0.2) is 34.2 Å². The summed E-state index contributed by atoms with van der Waals surface area (Å²) in [5, 5.41) is 3.63. The summed E-state index contributed by atoms with van der Waals surface area (Å²) >= 11 is 6.08. The van der Waals surface area contributed by atoms with Crippen molar-refractivity contribution in [2.45, 2.75) is 37.6 Å². The lowest BCUT2D eigenvalue weighted by Crippen LogP contribution is -2.42. The fourth-order valence-electron chi connectivity index (χ4n) is 2.34. The van der Waals surface area contributed by atoms with Crippen LogP contribution in [0, 0.1) is 6.92 Å². The molecule has 21 heavy (non-hydrogen) atoms. The van der Waals surface area contributed by atoms with Crippen LogP contribution in [0.5, 0.6) is 5.75 Å². The van der Waals surface area contributed by atoms with E-state index in [1.807, 2.05) is 13.8 Å². The lowest BCUT2D eigenvalue weighted by atomic mass is 10.1. The van der Waals surface area contributed by atoms with E-state index in [9.17, 15) is 8.42 Å². The molecule has 7 heteroatoms. The molecular weight excluding hydrogens is 312 g/mol. The quantitative estimate of drug-likeness (QED) is 0.866. The minimum Gasteiger partial charge on any atom is -0.492 e. The maximum atomic E-state index is 12.6. The van der Waals surface area contributed by atoms with E-state index in [1.165, 1.54) is 6.07 Å². The smallest absolute Gasteiger partial charge is 0.244 e. The van der Waals surface area contributed by atoms with Crippen LogP contribution in [0.2, 0.25) is 5.02 Å². The molecule has 0 aromatic heterocycles. The second-order valence-electron chi connectivity index (χ2n) is 5.13. The van der Waals surface area contributed by atoms with Crippen molar-refractivity contribution >= 4 is 21.6 Å². The van der Waals surface area contributed by atoms with Gasteiger partial charge < -0.3 is 10.1 Å². The monoisotopic (exact) mass is 332 g/mol. The predicted molar refractivity (Wildman–Crippen MR) is 83.6 cm³/mol. The van der Waals surface area contributed by atoms with Crippen molar-refractivity contribution in [1.29, 1.82) is 0 Å². The van der Waals surface area contributed by atoms with Gasteiger partial charge in [0.1, 0.15) is 10.6 Å². The third kappa shape index (κ3) is 4.10. The van der Waals surface area contributed by atoms with Gasteiger partial charge >= 0.3 is 0 Å². The third-order valence-electron chi connectivity index (χ3n) is 3.48. The molecule has 1 fully saturated rings. The van der Waals surface area contributed by atoms with E-state index < -0.39 is 10.0 Å². The number of rotatable bonds is 5. The van der Waals surface area contributed by atoms with Crippen LogP contribution in [-0.2, 0) is 10.0 Å². The second kappa shape index (κ2) is 6.96. The fourth-order valence-corrected chi connectivity index (χ4v) is 4.02. The number of hydrogen-bond acceptors (Lipinski definition) is 4. The highest BCUT2D eigenvalue weighted by molar-refractivity contribution is 7.89. The lowest BCUT2D eigenvalue weighted by Gasteiger charge is -2.24. The highest BCUT2D eigenvalue weighted by Gasteiger charge is 2.25. The summed E-state index contributed by atoms with van der Waals surface area (Å²) in [6.45, 7) is 5.68. The van der Waals surface area contributed by atoms with Gasteiger partial charge in [-0.05, 0) is 57.5 Å². The van der Waals surface area contributed by atoms with Gasteiger partial charge in [0.05, 0.1) is 6.61 Å². The molecule has 1 aliphatic heterocycles. The zero-order chi connectivity index (χ0) is 15.5. The Bertz CT molecular complexity index is 598. The molecule has 2 rings (SSSR count). The van der Waals surface area contributed by atoms with E-state index >= 15 is 0 Å². The van der Waals surface area contributed by atoms with E-state index in [1.54, 1.807) is 6.07 Å². The molecule has 118 valence electrons. The zero-order valence-corrected chi connectivity index (χ0v) is 13.9. The Labute approximate surface area is 131 Å². The van der Waals surface area contributed by atoms with E-state index in [0.717, 1.165) is 31.5 Å². The highest BCUT2D eigenvalue weighted by atomic mass is 35.5. The van der Waals surface area contributed by atoms with Crippen LogP contribution in [0.15, 0.2) is 17.0 Å². The van der Waals surface area contributed by atoms with Gasteiger partial charge in [0.25, 0.3) is 0 Å². The molecule has 0 amide bonds. The largest absolute Gasteiger partial charge is 0.492 e. The number of nitrogens with one attached hydrogen (secondary N) is 2. The van der Waals surface area contributed by atoms with Gasteiger partial charge in [-0.1, -0.05) is 11.6 Å². The summed E-state index contributed by atoms with van der Waals surface area (Å²) in [6, 6.07) is 3.08. The average molecular weight is 333 g/mol. The molecule has 0 unspecified atom stereocenters. The van der Waals surface area contributed by atoms with Crippen molar-refractivity contribution in [1.82, 2.24) is 10.0 Å². The van der Waals surface area contributed by atoms with Gasteiger partial charge in [-0.3, -0.25) is 0 Å². The van der Waals surface area contributed by atoms with Gasteiger partial charge in [-0.2, -0.15) is 0 Å². The molecule has 1 aromatic rings. The normalized spacial score (nSPS) is 16.9. The highest BCUT2D eigenvalue weighted by Crippen LogP contribution is 2.30. The Balaban J connectivity index is 2.31. The number of sulfonamides is 1. The van der Waals surface area contributed by atoms with Crippen molar-refractivity contribution in [2.24, 2.45) is 0 Å². The Morgan fingerprint density at radius 3 is 2.67 bits per heavy atom. The third-order valence-corrected chi connectivity index (χ3v) is 5.42. The average Bonchev–Trinajstić information content (AvgIpc) is 2.43. The van der Waals surface area contributed by atoms with Gasteiger partial charge in [0.15, 0.2) is 0 Å². The SMILES string of the molecule is CCOc1cc(C)c(Cl)cc1S(=O)(=O)NC1CCNCC1. The molecule has 1 saturated heterocycles. The molecule has 1 aliphatic rings. The molecule has 5 nitrogen and oxygen atoms in total. The van der Waals surface area contributed by atoms with Crippen LogP contribution in [0.4, 0.5) is 0 Å². The molecule has 2 N–H and O–H groups in total. The number of halogens is 1. The molecule has 0 bridgehead atoms. The number of benzene rings is 1. The van der Waals surface area contributed by atoms with E-state index in [2.05, 4.69) is 10.0 Å². The maximum absolute atomic E-state index is 12.6. The number of hydrogen-bond donors (Lipinski definition) is 2. The van der Waals surface area contributed by atoms with Crippen LogP contribution >= 0.6 is 11.6 Å². The van der Waals surface area contributed by atoms with Crippen molar-refractivity contribution in [2.75, 3.05) is 19.7 Å². The Morgan fingerprint density at radius 1 is 1.38 bits per heavy atom. The van der Waals surface area contributed by atoms with E-state index in [0.29, 0.717) is 17.4 Å². The Kier molecular flexibility index (Phi) is 5.48. The molecular formula is C14H21ClN2O3S. The molecule has 1 aromatic carbocycles. The summed E-state index contributed by atoms with van der Waals surface area (Å²) in [5.41, 5.74) is 0.793.